The van der Waals surface area contributed by atoms with Crippen LogP contribution in [0.3, 0.4) is 0 Å². The SMILES string of the molecule is Cc1cc(/C=C2/SC(=O)N(CC(=O)N3CCOCC3)C2=O)c(C)n1-c1ccccc1Cl. The Bertz CT molecular complexity index is 1090. The van der Waals surface area contributed by atoms with Crippen LogP contribution in [-0.4, -0.2) is 64.3 Å². The fourth-order valence-corrected chi connectivity index (χ4v) is 4.81. The van der Waals surface area contributed by atoms with Crippen molar-refractivity contribution in [2.75, 3.05) is 32.8 Å². The molecule has 7 nitrogen and oxygen atoms in total. The van der Waals surface area contributed by atoms with Crippen LogP contribution < -0.4 is 0 Å². The number of aryl methyl sites for hydroxylation is 1. The highest BCUT2D eigenvalue weighted by Crippen LogP contribution is 2.34. The summed E-state index contributed by atoms with van der Waals surface area (Å²) in [6.07, 6.45) is 1.71. The van der Waals surface area contributed by atoms with Crippen LogP contribution >= 0.6 is 23.4 Å². The number of hydrogen-bond acceptors (Lipinski definition) is 5. The maximum atomic E-state index is 12.9. The second kappa shape index (κ2) is 8.90. The van der Waals surface area contributed by atoms with Gasteiger partial charge in [-0.3, -0.25) is 19.3 Å². The minimum Gasteiger partial charge on any atom is -0.378 e. The first-order valence-corrected chi connectivity index (χ1v) is 11.1. The monoisotopic (exact) mass is 459 g/mol. The third kappa shape index (κ3) is 4.28. The van der Waals surface area contributed by atoms with Crippen LogP contribution in [0.15, 0.2) is 35.2 Å². The first-order chi connectivity index (χ1) is 14.9. The predicted octanol–water partition coefficient (Wildman–Crippen LogP) is 3.64. The smallest absolute Gasteiger partial charge is 0.294 e. The van der Waals surface area contributed by atoms with E-state index in [-0.39, 0.29) is 12.5 Å². The highest BCUT2D eigenvalue weighted by Gasteiger charge is 2.37. The van der Waals surface area contributed by atoms with E-state index in [1.165, 1.54) is 0 Å². The van der Waals surface area contributed by atoms with E-state index in [1.807, 2.05) is 48.7 Å². The molecule has 3 amide bonds. The van der Waals surface area contributed by atoms with Crippen LogP contribution in [-0.2, 0) is 14.3 Å². The van der Waals surface area contributed by atoms with Gasteiger partial charge < -0.3 is 14.2 Å². The van der Waals surface area contributed by atoms with Crippen molar-refractivity contribution in [3.05, 3.63) is 57.2 Å². The van der Waals surface area contributed by atoms with Crippen molar-refractivity contribution in [1.29, 1.82) is 0 Å². The van der Waals surface area contributed by atoms with Gasteiger partial charge in [-0.25, -0.2) is 0 Å². The molecule has 9 heteroatoms. The molecule has 2 aliphatic rings. The molecule has 162 valence electrons. The zero-order valence-electron chi connectivity index (χ0n) is 17.3. The standard InChI is InChI=1S/C22H22ClN3O4S/c1-14-11-16(15(2)26(14)18-6-4-3-5-17(18)23)12-19-21(28)25(22(29)31-19)13-20(27)24-7-9-30-10-8-24/h3-6,11-12H,7-10,13H2,1-2H3/b19-12+. The number of amides is 3. The molecule has 2 aliphatic heterocycles. The van der Waals surface area contributed by atoms with Gasteiger partial charge in [-0.05, 0) is 55.4 Å². The Kier molecular flexibility index (Phi) is 6.22. The molecule has 4 rings (SSSR count). The summed E-state index contributed by atoms with van der Waals surface area (Å²) in [7, 11) is 0. The highest BCUT2D eigenvalue weighted by atomic mass is 35.5. The number of imide groups is 1. The maximum absolute atomic E-state index is 12.9. The number of benzene rings is 1. The second-order valence-corrected chi connectivity index (χ2v) is 8.77. The van der Waals surface area contributed by atoms with E-state index >= 15 is 0 Å². The number of carbonyl (C=O) groups excluding carboxylic acids is 3. The molecule has 2 saturated heterocycles. The summed E-state index contributed by atoms with van der Waals surface area (Å²) < 4.78 is 7.26. The number of aromatic nitrogens is 1. The molecule has 0 N–H and O–H groups in total. The van der Waals surface area contributed by atoms with Crippen LogP contribution in [0, 0.1) is 13.8 Å². The zero-order valence-corrected chi connectivity index (χ0v) is 18.8. The fourth-order valence-electron chi connectivity index (χ4n) is 3.76. The molecule has 2 aromatic rings. The Balaban J connectivity index is 1.57. The summed E-state index contributed by atoms with van der Waals surface area (Å²) in [6.45, 7) is 5.52. The van der Waals surface area contributed by atoms with Gasteiger partial charge >= 0.3 is 0 Å². The lowest BCUT2D eigenvalue weighted by molar-refractivity contribution is -0.139. The molecule has 1 aromatic heterocycles. The lowest BCUT2D eigenvalue weighted by Gasteiger charge is -2.28. The first-order valence-electron chi connectivity index (χ1n) is 9.91. The van der Waals surface area contributed by atoms with E-state index in [2.05, 4.69) is 0 Å². The van der Waals surface area contributed by atoms with Crippen molar-refractivity contribution in [3.8, 4) is 5.69 Å². The quantitative estimate of drug-likeness (QED) is 0.653. The molecule has 0 saturated carbocycles. The van der Waals surface area contributed by atoms with Gasteiger partial charge in [0, 0.05) is 24.5 Å². The topological polar surface area (TPSA) is 71.9 Å². The average Bonchev–Trinajstić information content (AvgIpc) is 3.18. The van der Waals surface area contributed by atoms with Gasteiger partial charge in [-0.1, -0.05) is 23.7 Å². The maximum Gasteiger partial charge on any atom is 0.294 e. The molecule has 1 aromatic carbocycles. The minimum atomic E-state index is -0.445. The van der Waals surface area contributed by atoms with E-state index in [0.717, 1.165) is 39.3 Å². The van der Waals surface area contributed by atoms with Crippen molar-refractivity contribution in [1.82, 2.24) is 14.4 Å². The molecular weight excluding hydrogens is 438 g/mol. The van der Waals surface area contributed by atoms with Crippen LogP contribution in [0.1, 0.15) is 17.0 Å². The molecule has 0 unspecified atom stereocenters. The van der Waals surface area contributed by atoms with Crippen molar-refractivity contribution < 1.29 is 19.1 Å². The zero-order chi connectivity index (χ0) is 22.1. The Morgan fingerprint density at radius 2 is 1.90 bits per heavy atom. The van der Waals surface area contributed by atoms with E-state index in [1.54, 1.807) is 11.0 Å². The van der Waals surface area contributed by atoms with Gasteiger partial charge in [0.2, 0.25) is 5.91 Å². The molecule has 31 heavy (non-hydrogen) atoms. The number of carbonyl (C=O) groups is 3. The predicted molar refractivity (Wildman–Crippen MR) is 120 cm³/mol. The van der Waals surface area contributed by atoms with E-state index in [9.17, 15) is 14.4 Å². The minimum absolute atomic E-state index is 0.247. The lowest BCUT2D eigenvalue weighted by Crippen LogP contribution is -2.46. The van der Waals surface area contributed by atoms with Crippen molar-refractivity contribution in [2.24, 2.45) is 0 Å². The fraction of sp³-hybridized carbons (Fsp3) is 0.318. The molecule has 2 fully saturated rings. The Morgan fingerprint density at radius 1 is 1.19 bits per heavy atom. The number of para-hydroxylation sites is 1. The van der Waals surface area contributed by atoms with Crippen LogP contribution in [0.2, 0.25) is 5.02 Å². The largest absolute Gasteiger partial charge is 0.378 e. The highest BCUT2D eigenvalue weighted by molar-refractivity contribution is 8.18. The Hall–Kier alpha value is -2.55. The van der Waals surface area contributed by atoms with Gasteiger partial charge in [0.25, 0.3) is 11.1 Å². The van der Waals surface area contributed by atoms with Crippen LogP contribution in [0.5, 0.6) is 0 Å². The summed E-state index contributed by atoms with van der Waals surface area (Å²) >= 11 is 7.22. The average molecular weight is 460 g/mol. The van der Waals surface area contributed by atoms with Gasteiger partial charge in [0.05, 0.1) is 28.8 Å². The molecule has 0 spiro atoms. The number of hydrogen-bond donors (Lipinski definition) is 0. The van der Waals surface area contributed by atoms with Crippen LogP contribution in [0.25, 0.3) is 11.8 Å². The number of thioether (sulfide) groups is 1. The number of ether oxygens (including phenoxy) is 1. The first kappa shape index (κ1) is 21.7. The van der Waals surface area contributed by atoms with E-state index in [4.69, 9.17) is 16.3 Å². The molecule has 0 bridgehead atoms. The molecular formula is C22H22ClN3O4S. The van der Waals surface area contributed by atoms with Crippen molar-refractivity contribution in [3.63, 3.8) is 0 Å². The summed E-state index contributed by atoms with van der Waals surface area (Å²) in [5.41, 5.74) is 3.53. The third-order valence-corrected chi connectivity index (χ3v) is 6.61. The van der Waals surface area contributed by atoms with Crippen LogP contribution in [0.4, 0.5) is 4.79 Å². The van der Waals surface area contributed by atoms with Gasteiger partial charge in [-0.2, -0.15) is 0 Å². The lowest BCUT2D eigenvalue weighted by atomic mass is 10.2. The van der Waals surface area contributed by atoms with Crippen molar-refractivity contribution >= 4 is 46.5 Å². The number of rotatable bonds is 4. The number of halogens is 1. The van der Waals surface area contributed by atoms with E-state index in [0.29, 0.717) is 36.2 Å². The molecule has 3 heterocycles. The van der Waals surface area contributed by atoms with Gasteiger partial charge in [-0.15, -0.1) is 0 Å². The second-order valence-electron chi connectivity index (χ2n) is 7.37. The Labute approximate surface area is 189 Å². The molecule has 0 atom stereocenters. The summed E-state index contributed by atoms with van der Waals surface area (Å²) in [5, 5.41) is 0.190. The van der Waals surface area contributed by atoms with E-state index < -0.39 is 11.1 Å². The number of morpholine rings is 1. The molecule has 0 aliphatic carbocycles. The molecule has 0 radical (unpaired) electrons. The third-order valence-electron chi connectivity index (χ3n) is 5.38. The number of nitrogens with zero attached hydrogens (tertiary/aromatic N) is 3. The normalized spacial score (nSPS) is 18.4. The summed E-state index contributed by atoms with van der Waals surface area (Å²) in [6, 6.07) is 9.49. The Morgan fingerprint density at radius 3 is 2.61 bits per heavy atom. The van der Waals surface area contributed by atoms with Gasteiger partial charge in [0.1, 0.15) is 6.54 Å². The summed E-state index contributed by atoms with van der Waals surface area (Å²) in [5.74, 6) is -0.692. The van der Waals surface area contributed by atoms with Gasteiger partial charge in [0.15, 0.2) is 0 Å². The summed E-state index contributed by atoms with van der Waals surface area (Å²) in [4.78, 5) is 40.7. The van der Waals surface area contributed by atoms with Crippen molar-refractivity contribution in [2.45, 2.75) is 13.8 Å².